The van der Waals surface area contributed by atoms with Crippen molar-refractivity contribution in [3.05, 3.63) is 16.9 Å². The third-order valence-electron chi connectivity index (χ3n) is 5.88. The number of nitrogens with one attached hydrogen (secondary N) is 1. The minimum Gasteiger partial charge on any atom is -0.341 e. The standard InChI is InChI=1S/C17H25BrN4O.ClH/c18-13-10-19-22(11-13)14-5-7-21(8-6-14)17(23)16-9-12-3-1-2-4-15(12)20-16;/h10-12,14-16,20H,1-9H2;1H. The van der Waals surface area contributed by atoms with E-state index in [9.17, 15) is 4.79 Å². The van der Waals surface area contributed by atoms with Crippen molar-refractivity contribution in [3.8, 4) is 0 Å². The zero-order chi connectivity index (χ0) is 15.8. The first-order valence-electron chi connectivity index (χ1n) is 8.95. The van der Waals surface area contributed by atoms with Gasteiger partial charge in [0, 0.05) is 25.3 Å². The number of carbonyl (C=O) groups excluding carboxylic acids is 1. The maximum atomic E-state index is 12.8. The first kappa shape index (κ1) is 18.2. The number of rotatable bonds is 2. The number of likely N-dealkylation sites (tertiary alicyclic amines) is 1. The maximum Gasteiger partial charge on any atom is 0.239 e. The third-order valence-corrected chi connectivity index (χ3v) is 6.29. The summed E-state index contributed by atoms with van der Waals surface area (Å²) < 4.78 is 3.06. The lowest BCUT2D eigenvalue weighted by atomic mass is 9.85. The predicted octanol–water partition coefficient (Wildman–Crippen LogP) is 3.15. The molecular formula is C17H26BrClN4O. The Hall–Kier alpha value is -0.590. The third kappa shape index (κ3) is 3.65. The number of amides is 1. The normalized spacial score (nSPS) is 30.7. The van der Waals surface area contributed by atoms with E-state index < -0.39 is 0 Å². The van der Waals surface area contributed by atoms with E-state index >= 15 is 0 Å². The van der Waals surface area contributed by atoms with Crippen molar-refractivity contribution in [2.75, 3.05) is 13.1 Å². The van der Waals surface area contributed by atoms with Crippen molar-refractivity contribution in [1.29, 1.82) is 0 Å². The van der Waals surface area contributed by atoms with Crippen LogP contribution in [0.2, 0.25) is 0 Å². The van der Waals surface area contributed by atoms with E-state index in [-0.39, 0.29) is 18.4 Å². The smallest absolute Gasteiger partial charge is 0.239 e. The summed E-state index contributed by atoms with van der Waals surface area (Å²) in [4.78, 5) is 14.9. The van der Waals surface area contributed by atoms with Crippen LogP contribution >= 0.6 is 28.3 Å². The van der Waals surface area contributed by atoms with E-state index in [2.05, 4.69) is 31.2 Å². The summed E-state index contributed by atoms with van der Waals surface area (Å²) in [5, 5.41) is 8.01. The predicted molar refractivity (Wildman–Crippen MR) is 99.3 cm³/mol. The van der Waals surface area contributed by atoms with Crippen LogP contribution in [-0.4, -0.2) is 45.8 Å². The fourth-order valence-corrected chi connectivity index (χ4v) is 4.90. The van der Waals surface area contributed by atoms with Gasteiger partial charge in [-0.25, -0.2) is 0 Å². The largest absolute Gasteiger partial charge is 0.341 e. The molecule has 1 aliphatic carbocycles. The molecule has 1 aromatic heterocycles. The van der Waals surface area contributed by atoms with Crippen LogP contribution in [0, 0.1) is 5.92 Å². The zero-order valence-electron chi connectivity index (χ0n) is 13.9. The molecule has 1 aromatic rings. The summed E-state index contributed by atoms with van der Waals surface area (Å²) in [6, 6.07) is 1.08. The van der Waals surface area contributed by atoms with Gasteiger partial charge in [0.2, 0.25) is 5.91 Å². The van der Waals surface area contributed by atoms with Gasteiger partial charge in [-0.3, -0.25) is 9.48 Å². The highest BCUT2D eigenvalue weighted by molar-refractivity contribution is 9.10. The van der Waals surface area contributed by atoms with Crippen molar-refractivity contribution >= 4 is 34.2 Å². The van der Waals surface area contributed by atoms with Gasteiger partial charge in [0.1, 0.15) is 0 Å². The molecule has 0 aromatic carbocycles. The summed E-state index contributed by atoms with van der Waals surface area (Å²) in [5.41, 5.74) is 0. The molecule has 2 saturated heterocycles. The highest BCUT2D eigenvalue weighted by Gasteiger charge is 2.40. The van der Waals surface area contributed by atoms with Gasteiger partial charge in [0.05, 0.1) is 22.8 Å². The van der Waals surface area contributed by atoms with E-state index in [1.54, 1.807) is 0 Å². The number of carbonyl (C=O) groups is 1. The summed E-state index contributed by atoms with van der Waals surface area (Å²) in [7, 11) is 0. The average molecular weight is 418 g/mol. The lowest BCUT2D eigenvalue weighted by molar-refractivity contribution is -0.134. The van der Waals surface area contributed by atoms with Gasteiger partial charge in [0.25, 0.3) is 0 Å². The first-order valence-corrected chi connectivity index (χ1v) is 9.74. The Labute approximate surface area is 158 Å². The number of hydrogen-bond donors (Lipinski definition) is 1. The number of halogens is 2. The number of hydrogen-bond acceptors (Lipinski definition) is 3. The molecule has 1 saturated carbocycles. The molecule has 3 heterocycles. The molecule has 3 unspecified atom stereocenters. The van der Waals surface area contributed by atoms with E-state index in [4.69, 9.17) is 0 Å². The fraction of sp³-hybridized carbons (Fsp3) is 0.765. The molecular weight excluding hydrogens is 392 g/mol. The Bertz CT molecular complexity index is 559. The molecule has 3 aliphatic rings. The second-order valence-corrected chi connectivity index (χ2v) is 8.22. The molecule has 2 aliphatic heterocycles. The van der Waals surface area contributed by atoms with Crippen LogP contribution in [0.3, 0.4) is 0 Å². The van der Waals surface area contributed by atoms with Crippen molar-refractivity contribution in [2.24, 2.45) is 5.92 Å². The summed E-state index contributed by atoms with van der Waals surface area (Å²) in [5.74, 6) is 1.07. The lowest BCUT2D eigenvalue weighted by Gasteiger charge is -2.33. The summed E-state index contributed by atoms with van der Waals surface area (Å²) in [6.07, 6.45) is 12.1. The molecule has 0 spiro atoms. The Kier molecular flexibility index (Phi) is 5.88. The van der Waals surface area contributed by atoms with Crippen molar-refractivity contribution in [1.82, 2.24) is 20.0 Å². The van der Waals surface area contributed by atoms with Gasteiger partial charge in [-0.05, 0) is 54.0 Å². The van der Waals surface area contributed by atoms with Gasteiger partial charge in [-0.2, -0.15) is 5.10 Å². The second kappa shape index (κ2) is 7.75. The Morgan fingerprint density at radius 1 is 1.21 bits per heavy atom. The van der Waals surface area contributed by atoms with Gasteiger partial charge < -0.3 is 10.2 Å². The maximum absolute atomic E-state index is 12.8. The Balaban J connectivity index is 0.00000169. The lowest BCUT2D eigenvalue weighted by Crippen LogP contribution is -2.48. The van der Waals surface area contributed by atoms with Crippen molar-refractivity contribution < 1.29 is 4.79 Å². The van der Waals surface area contributed by atoms with Crippen LogP contribution in [0.4, 0.5) is 0 Å². The highest BCUT2D eigenvalue weighted by atomic mass is 79.9. The van der Waals surface area contributed by atoms with Crippen LogP contribution in [0.25, 0.3) is 0 Å². The molecule has 4 rings (SSSR count). The van der Waals surface area contributed by atoms with Crippen LogP contribution in [0.1, 0.15) is 51.0 Å². The van der Waals surface area contributed by atoms with E-state index in [0.717, 1.165) is 42.7 Å². The van der Waals surface area contributed by atoms with E-state index in [1.165, 1.54) is 25.7 Å². The minimum absolute atomic E-state index is 0. The number of piperidine rings is 1. The van der Waals surface area contributed by atoms with Gasteiger partial charge in [-0.1, -0.05) is 12.8 Å². The van der Waals surface area contributed by atoms with Crippen LogP contribution < -0.4 is 5.32 Å². The van der Waals surface area contributed by atoms with Crippen LogP contribution in [0.15, 0.2) is 16.9 Å². The Morgan fingerprint density at radius 2 is 1.96 bits per heavy atom. The molecule has 0 bridgehead atoms. The zero-order valence-corrected chi connectivity index (χ0v) is 16.3. The molecule has 7 heteroatoms. The van der Waals surface area contributed by atoms with E-state index in [0.29, 0.717) is 18.0 Å². The Morgan fingerprint density at radius 3 is 2.62 bits per heavy atom. The molecule has 134 valence electrons. The number of nitrogens with zero attached hydrogens (tertiary/aromatic N) is 3. The highest BCUT2D eigenvalue weighted by Crippen LogP contribution is 2.34. The second-order valence-electron chi connectivity index (χ2n) is 7.30. The molecule has 1 N–H and O–H groups in total. The topological polar surface area (TPSA) is 50.2 Å². The quantitative estimate of drug-likeness (QED) is 0.804. The number of fused-ring (bicyclic) bond motifs is 1. The van der Waals surface area contributed by atoms with Gasteiger partial charge in [-0.15, -0.1) is 12.4 Å². The molecule has 1 amide bonds. The molecule has 24 heavy (non-hydrogen) atoms. The average Bonchev–Trinajstić information content (AvgIpc) is 3.20. The van der Waals surface area contributed by atoms with E-state index in [1.807, 2.05) is 17.1 Å². The van der Waals surface area contributed by atoms with Crippen LogP contribution in [-0.2, 0) is 4.79 Å². The summed E-state index contributed by atoms with van der Waals surface area (Å²) >= 11 is 3.45. The molecule has 0 radical (unpaired) electrons. The van der Waals surface area contributed by atoms with Crippen molar-refractivity contribution in [3.63, 3.8) is 0 Å². The SMILES string of the molecule is Cl.O=C(C1CC2CCCCC2N1)N1CCC(n2cc(Br)cn2)CC1. The van der Waals surface area contributed by atoms with Crippen molar-refractivity contribution in [2.45, 2.75) is 63.1 Å². The molecule has 3 atom stereocenters. The minimum atomic E-state index is 0. The van der Waals surface area contributed by atoms with Crippen LogP contribution in [0.5, 0.6) is 0 Å². The monoisotopic (exact) mass is 416 g/mol. The molecule has 5 nitrogen and oxygen atoms in total. The first-order chi connectivity index (χ1) is 11.2. The molecule has 3 fully saturated rings. The van der Waals surface area contributed by atoms with Gasteiger partial charge >= 0.3 is 0 Å². The fourth-order valence-electron chi connectivity index (χ4n) is 4.60. The number of aromatic nitrogens is 2. The van der Waals surface area contributed by atoms with Gasteiger partial charge in [0.15, 0.2) is 0 Å². The summed E-state index contributed by atoms with van der Waals surface area (Å²) in [6.45, 7) is 1.71.